The van der Waals surface area contributed by atoms with Crippen LogP contribution >= 0.6 is 0 Å². The van der Waals surface area contributed by atoms with Crippen LogP contribution in [0.1, 0.15) is 26.2 Å². The fourth-order valence-electron chi connectivity index (χ4n) is 1.02. The average Bonchev–Trinajstić information content (AvgIpc) is 1.90. The van der Waals surface area contributed by atoms with Crippen LogP contribution in [0.2, 0.25) is 0 Å². The molecule has 1 saturated heterocycles. The summed E-state index contributed by atoms with van der Waals surface area (Å²) in [6.45, 7) is 3.27. The topological polar surface area (TPSA) is 12.0 Å². The van der Waals surface area contributed by atoms with Gasteiger partial charge in [-0.2, -0.15) is 0 Å². The summed E-state index contributed by atoms with van der Waals surface area (Å²) in [5.41, 5.74) is 1.43. The smallest absolute Gasteiger partial charge is 0.0143 e. The molecule has 0 aromatic heterocycles. The van der Waals surface area contributed by atoms with Gasteiger partial charge in [0.25, 0.3) is 0 Å². The molecule has 0 aromatic rings. The van der Waals surface area contributed by atoms with Crippen LogP contribution < -0.4 is 5.32 Å². The summed E-state index contributed by atoms with van der Waals surface area (Å²) >= 11 is 0. The highest BCUT2D eigenvalue weighted by Gasteiger charge is 2.00. The second-order valence-electron chi connectivity index (χ2n) is 2.20. The minimum atomic E-state index is 1.18. The lowest BCUT2D eigenvalue weighted by molar-refractivity contribution is 0.587. The van der Waals surface area contributed by atoms with Gasteiger partial charge in [0.05, 0.1) is 0 Å². The quantitative estimate of drug-likeness (QED) is 0.501. The number of hydrogen-bond donors (Lipinski definition) is 1. The van der Waals surface area contributed by atoms with Gasteiger partial charge >= 0.3 is 0 Å². The van der Waals surface area contributed by atoms with E-state index in [1.807, 2.05) is 0 Å². The van der Waals surface area contributed by atoms with Crippen molar-refractivity contribution >= 4 is 0 Å². The predicted octanol–water partition coefficient (Wildman–Crippen LogP) is 1.66. The first-order valence-corrected chi connectivity index (χ1v) is 3.32. The van der Waals surface area contributed by atoms with E-state index in [1.54, 1.807) is 0 Å². The minimum Gasteiger partial charge on any atom is -0.389 e. The van der Waals surface area contributed by atoms with E-state index in [2.05, 4.69) is 18.3 Å². The minimum absolute atomic E-state index is 1.18. The Balaban J connectivity index is 2.33. The van der Waals surface area contributed by atoms with Gasteiger partial charge in [-0.15, -0.1) is 0 Å². The van der Waals surface area contributed by atoms with Crippen LogP contribution in [0.15, 0.2) is 11.8 Å². The van der Waals surface area contributed by atoms with Gasteiger partial charge in [-0.05, 0) is 26.2 Å². The average molecular weight is 111 g/mol. The summed E-state index contributed by atoms with van der Waals surface area (Å²) in [7, 11) is 0. The maximum absolute atomic E-state index is 3.33. The number of nitrogens with one attached hydrogen (secondary N) is 1. The molecule has 1 N–H and O–H groups in total. The van der Waals surface area contributed by atoms with Gasteiger partial charge in [-0.1, -0.05) is 6.08 Å². The molecule has 0 aromatic carbocycles. The molecule has 1 heterocycles. The van der Waals surface area contributed by atoms with Crippen molar-refractivity contribution in [3.63, 3.8) is 0 Å². The fourth-order valence-corrected chi connectivity index (χ4v) is 1.02. The summed E-state index contributed by atoms with van der Waals surface area (Å²) in [6, 6.07) is 0. The molecule has 0 unspecified atom stereocenters. The van der Waals surface area contributed by atoms with E-state index in [9.17, 15) is 0 Å². The van der Waals surface area contributed by atoms with Crippen molar-refractivity contribution in [2.24, 2.45) is 0 Å². The van der Waals surface area contributed by atoms with Crippen LogP contribution in [-0.2, 0) is 0 Å². The molecular weight excluding hydrogens is 98.1 g/mol. The Kier molecular flexibility index (Phi) is 1.95. The van der Waals surface area contributed by atoms with Crippen molar-refractivity contribution in [3.8, 4) is 0 Å². The van der Waals surface area contributed by atoms with E-state index in [0.29, 0.717) is 0 Å². The summed E-state index contributed by atoms with van der Waals surface area (Å²) in [4.78, 5) is 0. The summed E-state index contributed by atoms with van der Waals surface area (Å²) in [5, 5.41) is 3.33. The Bertz CT molecular complexity index is 86.6. The summed E-state index contributed by atoms with van der Waals surface area (Å²) < 4.78 is 0. The lowest BCUT2D eigenvalue weighted by Crippen LogP contribution is -2.19. The van der Waals surface area contributed by atoms with E-state index in [4.69, 9.17) is 0 Å². The Morgan fingerprint density at radius 3 is 2.75 bits per heavy atom. The third-order valence-electron chi connectivity index (χ3n) is 1.57. The molecule has 0 amide bonds. The van der Waals surface area contributed by atoms with E-state index >= 15 is 0 Å². The number of rotatable bonds is 0. The van der Waals surface area contributed by atoms with E-state index in [-0.39, 0.29) is 0 Å². The molecule has 1 rings (SSSR count). The Morgan fingerprint density at radius 1 is 1.50 bits per heavy atom. The van der Waals surface area contributed by atoms with E-state index in [1.165, 1.54) is 31.5 Å². The van der Waals surface area contributed by atoms with Gasteiger partial charge in [-0.25, -0.2) is 0 Å². The zero-order valence-electron chi connectivity index (χ0n) is 5.41. The molecule has 1 aliphatic rings. The summed E-state index contributed by atoms with van der Waals surface area (Å²) in [5.74, 6) is 0. The van der Waals surface area contributed by atoms with Crippen molar-refractivity contribution < 1.29 is 0 Å². The molecule has 0 spiro atoms. The molecule has 1 fully saturated rings. The number of allylic oxidation sites excluding steroid dienone is 2. The molecule has 0 atom stereocenters. The lowest BCUT2D eigenvalue weighted by atomic mass is 10.1. The largest absolute Gasteiger partial charge is 0.389 e. The lowest BCUT2D eigenvalue weighted by Gasteiger charge is -2.15. The van der Waals surface area contributed by atoms with Crippen LogP contribution in [0.25, 0.3) is 0 Å². The molecule has 1 heteroatoms. The van der Waals surface area contributed by atoms with Gasteiger partial charge in [0.15, 0.2) is 0 Å². The molecule has 1 nitrogen and oxygen atoms in total. The fraction of sp³-hybridized carbons (Fsp3) is 0.714. The SMILES string of the molecule is C/C=C1\CCCCN1. The Morgan fingerprint density at radius 2 is 2.38 bits per heavy atom. The maximum atomic E-state index is 3.33. The second-order valence-corrected chi connectivity index (χ2v) is 2.20. The molecule has 46 valence electrons. The molecule has 8 heavy (non-hydrogen) atoms. The standard InChI is InChI=1S/C7H13N/c1-2-7-5-3-4-6-8-7/h2,8H,3-6H2,1H3/b7-2+. The normalized spacial score (nSPS) is 25.4. The molecule has 0 radical (unpaired) electrons. The first kappa shape index (κ1) is 5.67. The third-order valence-corrected chi connectivity index (χ3v) is 1.57. The van der Waals surface area contributed by atoms with Gasteiger partial charge in [0.2, 0.25) is 0 Å². The zero-order chi connectivity index (χ0) is 5.82. The van der Waals surface area contributed by atoms with Crippen LogP contribution in [0.4, 0.5) is 0 Å². The number of hydrogen-bond acceptors (Lipinski definition) is 1. The Hall–Kier alpha value is -0.460. The van der Waals surface area contributed by atoms with Crippen LogP contribution in [-0.4, -0.2) is 6.54 Å². The van der Waals surface area contributed by atoms with Crippen molar-refractivity contribution in [2.75, 3.05) is 6.54 Å². The summed E-state index contributed by atoms with van der Waals surface area (Å²) in [6.07, 6.45) is 6.14. The monoisotopic (exact) mass is 111 g/mol. The van der Waals surface area contributed by atoms with Crippen molar-refractivity contribution in [1.82, 2.24) is 5.32 Å². The van der Waals surface area contributed by atoms with Crippen molar-refractivity contribution in [2.45, 2.75) is 26.2 Å². The molecule has 1 aliphatic heterocycles. The van der Waals surface area contributed by atoms with Gasteiger partial charge < -0.3 is 5.32 Å². The van der Waals surface area contributed by atoms with Crippen LogP contribution in [0.3, 0.4) is 0 Å². The van der Waals surface area contributed by atoms with Crippen LogP contribution in [0.5, 0.6) is 0 Å². The maximum Gasteiger partial charge on any atom is 0.0143 e. The zero-order valence-corrected chi connectivity index (χ0v) is 5.41. The van der Waals surface area contributed by atoms with Gasteiger partial charge in [0.1, 0.15) is 0 Å². The first-order chi connectivity index (χ1) is 3.93. The molecular formula is C7H13N. The Labute approximate surface area is 50.8 Å². The van der Waals surface area contributed by atoms with E-state index < -0.39 is 0 Å². The predicted molar refractivity (Wildman–Crippen MR) is 35.6 cm³/mol. The van der Waals surface area contributed by atoms with Gasteiger partial charge in [-0.3, -0.25) is 0 Å². The van der Waals surface area contributed by atoms with Crippen molar-refractivity contribution in [1.29, 1.82) is 0 Å². The van der Waals surface area contributed by atoms with Gasteiger partial charge in [0, 0.05) is 12.2 Å². The third kappa shape index (κ3) is 1.25. The molecule has 0 aliphatic carbocycles. The molecule has 0 saturated carbocycles. The molecule has 0 bridgehead atoms. The number of piperidine rings is 1. The van der Waals surface area contributed by atoms with Crippen molar-refractivity contribution in [3.05, 3.63) is 11.8 Å². The van der Waals surface area contributed by atoms with E-state index in [0.717, 1.165) is 0 Å². The first-order valence-electron chi connectivity index (χ1n) is 3.32. The van der Waals surface area contributed by atoms with Crippen LogP contribution in [0, 0.1) is 0 Å². The highest BCUT2D eigenvalue weighted by molar-refractivity contribution is 4.99. The second kappa shape index (κ2) is 2.75. The highest BCUT2D eigenvalue weighted by Crippen LogP contribution is 2.08. The highest BCUT2D eigenvalue weighted by atomic mass is 14.9.